The summed E-state index contributed by atoms with van der Waals surface area (Å²) in [5, 5.41) is 16.7. The number of hydrogen-bond acceptors (Lipinski definition) is 6. The van der Waals surface area contributed by atoms with Crippen LogP contribution in [0.2, 0.25) is 0 Å². The van der Waals surface area contributed by atoms with Crippen LogP contribution < -0.4 is 5.32 Å². The van der Waals surface area contributed by atoms with E-state index in [2.05, 4.69) is 27.6 Å². The van der Waals surface area contributed by atoms with Crippen molar-refractivity contribution in [2.75, 3.05) is 11.9 Å². The fourth-order valence-corrected chi connectivity index (χ4v) is 4.00. The van der Waals surface area contributed by atoms with Gasteiger partial charge < -0.3 is 14.9 Å². The Kier molecular flexibility index (Phi) is 6.78. The topological polar surface area (TPSA) is 101 Å². The summed E-state index contributed by atoms with van der Waals surface area (Å²) >= 11 is 0. The Balaban J connectivity index is 1.35. The van der Waals surface area contributed by atoms with Crippen molar-refractivity contribution in [3.63, 3.8) is 0 Å². The van der Waals surface area contributed by atoms with Crippen LogP contribution in [0.3, 0.4) is 0 Å². The van der Waals surface area contributed by atoms with Gasteiger partial charge in [-0.1, -0.05) is 23.4 Å². The fraction of sp³-hybridized carbons (Fsp3) is 0.417. The van der Waals surface area contributed by atoms with Crippen LogP contribution in [-0.2, 0) is 30.5 Å². The van der Waals surface area contributed by atoms with E-state index in [1.54, 1.807) is 19.1 Å². The van der Waals surface area contributed by atoms with Gasteiger partial charge in [0.2, 0.25) is 5.89 Å². The van der Waals surface area contributed by atoms with Crippen molar-refractivity contribution in [2.45, 2.75) is 57.8 Å². The van der Waals surface area contributed by atoms with E-state index in [0.717, 1.165) is 43.7 Å². The molecule has 0 amide bonds. The lowest BCUT2D eigenvalue weighted by molar-refractivity contribution is -0.137. The Hall–Kier alpha value is -3.29. The van der Waals surface area contributed by atoms with Gasteiger partial charge in [0.25, 0.3) is 0 Å². The van der Waals surface area contributed by atoms with Gasteiger partial charge in [-0.3, -0.25) is 4.79 Å². The van der Waals surface area contributed by atoms with Gasteiger partial charge in [0, 0.05) is 31.0 Å². The number of hydrogen-bond donors (Lipinski definition) is 2. The maximum absolute atomic E-state index is 14.0. The number of pyridine rings is 1. The van der Waals surface area contributed by atoms with Crippen molar-refractivity contribution >= 4 is 11.8 Å². The van der Waals surface area contributed by atoms with Crippen molar-refractivity contribution in [3.8, 4) is 0 Å². The normalized spacial score (nSPS) is 13.9. The molecular weight excluding hydrogens is 411 g/mol. The van der Waals surface area contributed by atoms with Gasteiger partial charge >= 0.3 is 5.97 Å². The molecule has 1 atom stereocenters. The predicted molar refractivity (Wildman–Crippen MR) is 117 cm³/mol. The molecule has 0 saturated heterocycles. The monoisotopic (exact) mass is 438 g/mol. The lowest BCUT2D eigenvalue weighted by atomic mass is 9.91. The van der Waals surface area contributed by atoms with Crippen molar-refractivity contribution in [3.05, 3.63) is 70.2 Å². The van der Waals surface area contributed by atoms with Crippen LogP contribution >= 0.6 is 0 Å². The molecule has 32 heavy (non-hydrogen) atoms. The minimum Gasteiger partial charge on any atom is -0.481 e. The van der Waals surface area contributed by atoms with Crippen LogP contribution in [0.25, 0.3) is 0 Å². The third-order valence-corrected chi connectivity index (χ3v) is 5.80. The van der Waals surface area contributed by atoms with Crippen molar-refractivity contribution in [2.24, 2.45) is 0 Å². The number of fused-ring (bicyclic) bond motifs is 1. The average Bonchev–Trinajstić information content (AvgIpc) is 3.22. The summed E-state index contributed by atoms with van der Waals surface area (Å²) < 4.78 is 19.3. The Bertz CT molecular complexity index is 1100. The number of nitrogens with one attached hydrogen (secondary N) is 1. The summed E-state index contributed by atoms with van der Waals surface area (Å²) in [6, 6.07) is 9.02. The van der Waals surface area contributed by atoms with Crippen LogP contribution in [0.5, 0.6) is 0 Å². The molecule has 168 valence electrons. The van der Waals surface area contributed by atoms with E-state index in [0.29, 0.717) is 29.3 Å². The van der Waals surface area contributed by atoms with Crippen LogP contribution in [0, 0.1) is 12.7 Å². The van der Waals surface area contributed by atoms with Gasteiger partial charge in [-0.15, -0.1) is 0 Å². The molecule has 0 spiro atoms. The summed E-state index contributed by atoms with van der Waals surface area (Å²) in [6.45, 7) is 2.64. The second kappa shape index (κ2) is 9.89. The van der Waals surface area contributed by atoms with Crippen molar-refractivity contribution < 1.29 is 18.8 Å². The molecule has 1 aromatic carbocycles. The van der Waals surface area contributed by atoms with Gasteiger partial charge in [0.1, 0.15) is 11.6 Å². The van der Waals surface area contributed by atoms with Gasteiger partial charge in [0.05, 0.1) is 6.42 Å². The van der Waals surface area contributed by atoms with Gasteiger partial charge in [-0.25, -0.2) is 9.37 Å². The molecule has 1 unspecified atom stereocenters. The molecular formula is C24H27FN4O3. The van der Waals surface area contributed by atoms with E-state index in [4.69, 9.17) is 9.51 Å². The first-order chi connectivity index (χ1) is 15.5. The summed E-state index contributed by atoms with van der Waals surface area (Å²) in [5.41, 5.74) is 3.44. The molecule has 0 saturated carbocycles. The number of aromatic nitrogens is 3. The molecule has 0 fully saturated rings. The molecule has 3 aromatic rings. The van der Waals surface area contributed by atoms with Crippen LogP contribution in [0.15, 0.2) is 34.9 Å². The minimum atomic E-state index is -0.956. The molecule has 7 nitrogen and oxygen atoms in total. The highest BCUT2D eigenvalue weighted by Gasteiger charge is 2.21. The van der Waals surface area contributed by atoms with Gasteiger partial charge in [-0.2, -0.15) is 4.98 Å². The lowest BCUT2D eigenvalue weighted by Crippen LogP contribution is -2.14. The first-order valence-corrected chi connectivity index (χ1v) is 11.0. The smallest absolute Gasteiger partial charge is 0.303 e. The van der Waals surface area contributed by atoms with Crippen LogP contribution in [-0.4, -0.2) is 32.7 Å². The number of halogens is 1. The van der Waals surface area contributed by atoms with Crippen molar-refractivity contribution in [1.82, 2.24) is 15.1 Å². The minimum absolute atomic E-state index is 0.141. The Morgan fingerprint density at radius 2 is 2.12 bits per heavy atom. The first kappa shape index (κ1) is 21.9. The highest BCUT2D eigenvalue weighted by atomic mass is 19.1. The SMILES string of the molecule is Cc1ccc(C(CC(=O)O)Cc2nc(CCCc3ccc4c(n3)NCCC4)no2)cc1F. The number of anilines is 1. The quantitative estimate of drug-likeness (QED) is 0.515. The Labute approximate surface area is 186 Å². The van der Waals surface area contributed by atoms with E-state index in [1.165, 1.54) is 11.6 Å². The average molecular weight is 439 g/mol. The number of nitrogens with zero attached hydrogens (tertiary/aromatic N) is 3. The zero-order valence-electron chi connectivity index (χ0n) is 18.1. The highest BCUT2D eigenvalue weighted by molar-refractivity contribution is 5.68. The molecule has 0 aliphatic carbocycles. The molecule has 2 N–H and O–H groups in total. The van der Waals surface area contributed by atoms with Crippen LogP contribution in [0.4, 0.5) is 10.2 Å². The van der Waals surface area contributed by atoms with Crippen LogP contribution in [0.1, 0.15) is 59.3 Å². The zero-order chi connectivity index (χ0) is 22.5. The number of aryl methyl sites for hydroxylation is 4. The summed E-state index contributed by atoms with van der Waals surface area (Å²) in [4.78, 5) is 20.5. The summed E-state index contributed by atoms with van der Waals surface area (Å²) in [6.07, 6.45) is 4.59. The Morgan fingerprint density at radius 3 is 2.94 bits per heavy atom. The molecule has 1 aliphatic heterocycles. The number of carbonyl (C=O) groups is 1. The summed E-state index contributed by atoms with van der Waals surface area (Å²) in [7, 11) is 0. The molecule has 4 rings (SSSR count). The van der Waals surface area contributed by atoms with Gasteiger partial charge in [-0.05, 0) is 61.4 Å². The first-order valence-electron chi connectivity index (χ1n) is 11.0. The molecule has 1 aliphatic rings. The van der Waals surface area contributed by atoms with E-state index in [-0.39, 0.29) is 18.7 Å². The third kappa shape index (κ3) is 5.49. The molecule has 3 heterocycles. The maximum Gasteiger partial charge on any atom is 0.303 e. The standard InChI is InChI=1S/C24H27FN4O3/c1-15-7-8-17(12-20(15)25)18(14-23(30)31)13-22-28-21(29-32-22)6-2-5-19-10-9-16-4-3-11-26-24(16)27-19/h7-10,12,18H,2-6,11,13-14H2,1H3,(H,26,27)(H,30,31). The van der Waals surface area contributed by atoms with E-state index in [9.17, 15) is 14.3 Å². The molecule has 0 bridgehead atoms. The maximum atomic E-state index is 14.0. The second-order valence-corrected chi connectivity index (χ2v) is 8.31. The molecule has 2 aromatic heterocycles. The van der Waals surface area contributed by atoms with E-state index in [1.807, 2.05) is 0 Å². The second-order valence-electron chi connectivity index (χ2n) is 8.31. The number of benzene rings is 1. The summed E-state index contributed by atoms with van der Waals surface area (Å²) in [5.74, 6) is 0.192. The number of carboxylic acids is 1. The number of carboxylic acid groups (broad SMARTS) is 1. The third-order valence-electron chi connectivity index (χ3n) is 5.80. The molecule has 8 heteroatoms. The molecule has 0 radical (unpaired) electrons. The van der Waals surface area contributed by atoms with E-state index < -0.39 is 11.9 Å². The predicted octanol–water partition coefficient (Wildman–Crippen LogP) is 4.25. The van der Waals surface area contributed by atoms with Gasteiger partial charge in [0.15, 0.2) is 5.82 Å². The van der Waals surface area contributed by atoms with Crippen molar-refractivity contribution in [1.29, 1.82) is 0 Å². The number of rotatable bonds is 9. The fourth-order valence-electron chi connectivity index (χ4n) is 4.00. The highest BCUT2D eigenvalue weighted by Crippen LogP contribution is 2.26. The Morgan fingerprint density at radius 1 is 1.25 bits per heavy atom. The number of aliphatic carboxylic acids is 1. The lowest BCUT2D eigenvalue weighted by Gasteiger charge is -2.17. The largest absolute Gasteiger partial charge is 0.481 e. The zero-order valence-corrected chi connectivity index (χ0v) is 18.1. The van der Waals surface area contributed by atoms with E-state index >= 15 is 0 Å².